The van der Waals surface area contributed by atoms with E-state index in [2.05, 4.69) is 32.9 Å². The summed E-state index contributed by atoms with van der Waals surface area (Å²) in [6, 6.07) is 18.0. The Morgan fingerprint density at radius 1 is 1.04 bits per heavy atom. The summed E-state index contributed by atoms with van der Waals surface area (Å²) < 4.78 is 5.96. The largest absolute Gasteiger partial charge is 0.481 e. The van der Waals surface area contributed by atoms with Crippen LogP contribution >= 0.6 is 0 Å². The normalized spacial score (nSPS) is 12.5. The van der Waals surface area contributed by atoms with E-state index in [0.717, 1.165) is 11.3 Å². The number of likely N-dealkylation sites (N-methyl/N-ethyl adjacent to an activating group) is 1. The molecule has 134 valence electrons. The van der Waals surface area contributed by atoms with Crippen molar-refractivity contribution >= 4 is 5.91 Å². The van der Waals surface area contributed by atoms with Gasteiger partial charge in [-0.25, -0.2) is 0 Å². The Morgan fingerprint density at radius 2 is 1.64 bits per heavy atom. The van der Waals surface area contributed by atoms with Gasteiger partial charge in [0.15, 0.2) is 6.10 Å². The number of nitrogens with zero attached hydrogens (tertiary/aromatic N) is 1. The predicted molar refractivity (Wildman–Crippen MR) is 103 cm³/mol. The van der Waals surface area contributed by atoms with Crippen LogP contribution in [0.5, 0.6) is 5.75 Å². The van der Waals surface area contributed by atoms with Gasteiger partial charge in [0.1, 0.15) is 5.75 Å². The van der Waals surface area contributed by atoms with Crippen LogP contribution in [0.4, 0.5) is 0 Å². The zero-order valence-corrected chi connectivity index (χ0v) is 16.0. The third-order valence-electron chi connectivity index (χ3n) is 4.28. The first-order valence-corrected chi connectivity index (χ1v) is 8.87. The summed E-state index contributed by atoms with van der Waals surface area (Å²) in [4.78, 5) is 14.4. The summed E-state index contributed by atoms with van der Waals surface area (Å²) in [5, 5.41) is 0. The third kappa shape index (κ3) is 5.35. The Labute approximate surface area is 151 Å². The molecule has 0 N–H and O–H groups in total. The molecule has 0 aliphatic rings. The fourth-order valence-electron chi connectivity index (χ4n) is 2.69. The van der Waals surface area contributed by atoms with Crippen LogP contribution in [-0.2, 0) is 16.8 Å². The molecule has 3 nitrogen and oxygen atoms in total. The summed E-state index contributed by atoms with van der Waals surface area (Å²) in [6.07, 6.45) is 0.174. The Morgan fingerprint density at radius 3 is 2.16 bits per heavy atom. The summed E-state index contributed by atoms with van der Waals surface area (Å²) in [5.74, 6) is 0.743. The van der Waals surface area contributed by atoms with Crippen LogP contribution in [0.3, 0.4) is 0 Å². The maximum absolute atomic E-state index is 12.7. The molecule has 0 saturated heterocycles. The number of hydrogen-bond acceptors (Lipinski definition) is 2. The van der Waals surface area contributed by atoms with Crippen molar-refractivity contribution in [1.29, 1.82) is 0 Å². The highest BCUT2D eigenvalue weighted by Gasteiger charge is 2.22. The third-order valence-corrected chi connectivity index (χ3v) is 4.28. The number of ether oxygens (including phenoxy) is 1. The van der Waals surface area contributed by atoms with Gasteiger partial charge in [-0.3, -0.25) is 4.79 Å². The van der Waals surface area contributed by atoms with E-state index in [-0.39, 0.29) is 11.3 Å². The summed E-state index contributed by atoms with van der Waals surface area (Å²) in [5.41, 5.74) is 2.47. The molecule has 0 aliphatic heterocycles. The van der Waals surface area contributed by atoms with Gasteiger partial charge < -0.3 is 9.64 Å². The molecule has 2 aromatic carbocycles. The number of benzene rings is 2. The van der Waals surface area contributed by atoms with Gasteiger partial charge in [-0.15, -0.1) is 0 Å². The first-order chi connectivity index (χ1) is 11.8. The zero-order chi connectivity index (χ0) is 18.4. The number of amides is 1. The quantitative estimate of drug-likeness (QED) is 0.756. The average Bonchev–Trinajstić information content (AvgIpc) is 2.59. The second-order valence-corrected chi connectivity index (χ2v) is 7.47. The van der Waals surface area contributed by atoms with E-state index in [1.807, 2.05) is 56.4 Å². The van der Waals surface area contributed by atoms with Crippen molar-refractivity contribution in [2.24, 2.45) is 0 Å². The standard InChI is InChI=1S/C22H29NO2/c1-6-20(21(24)23(5)16-17-10-8-7-9-11-17)25-19-14-12-18(13-15-19)22(2,3)4/h7-15,20H,6,16H2,1-5H3. The minimum atomic E-state index is -0.464. The van der Waals surface area contributed by atoms with Gasteiger partial charge in [0.2, 0.25) is 0 Å². The van der Waals surface area contributed by atoms with E-state index >= 15 is 0 Å². The highest BCUT2D eigenvalue weighted by atomic mass is 16.5. The van der Waals surface area contributed by atoms with Crippen molar-refractivity contribution in [3.8, 4) is 5.75 Å². The van der Waals surface area contributed by atoms with Crippen molar-refractivity contribution in [2.45, 2.75) is 52.2 Å². The topological polar surface area (TPSA) is 29.5 Å². The minimum absolute atomic E-state index is 0.00579. The SMILES string of the molecule is CCC(Oc1ccc(C(C)(C)C)cc1)C(=O)N(C)Cc1ccccc1. The molecule has 0 radical (unpaired) electrons. The van der Waals surface area contributed by atoms with Gasteiger partial charge in [0.25, 0.3) is 5.91 Å². The highest BCUT2D eigenvalue weighted by Crippen LogP contribution is 2.25. The van der Waals surface area contributed by atoms with Gasteiger partial charge in [0.05, 0.1) is 0 Å². The molecule has 0 aliphatic carbocycles. The van der Waals surface area contributed by atoms with Gasteiger partial charge in [-0.2, -0.15) is 0 Å². The molecule has 0 bridgehead atoms. The van der Waals surface area contributed by atoms with E-state index in [0.29, 0.717) is 13.0 Å². The highest BCUT2D eigenvalue weighted by molar-refractivity contribution is 5.81. The molecule has 3 heteroatoms. The molecule has 1 atom stereocenters. The van der Waals surface area contributed by atoms with Crippen LogP contribution in [-0.4, -0.2) is 24.0 Å². The summed E-state index contributed by atoms with van der Waals surface area (Å²) >= 11 is 0. The molecular formula is C22H29NO2. The Kier molecular flexibility index (Phi) is 6.24. The fraction of sp³-hybridized carbons (Fsp3) is 0.409. The number of rotatable bonds is 6. The van der Waals surface area contributed by atoms with Crippen molar-refractivity contribution in [3.05, 3.63) is 65.7 Å². The van der Waals surface area contributed by atoms with Gasteiger partial charge >= 0.3 is 0 Å². The molecular weight excluding hydrogens is 310 g/mol. The summed E-state index contributed by atoms with van der Waals surface area (Å²) in [7, 11) is 1.82. The maximum Gasteiger partial charge on any atom is 0.263 e. The second kappa shape index (κ2) is 8.19. The molecule has 0 fully saturated rings. The van der Waals surface area contributed by atoms with Crippen LogP contribution in [0.15, 0.2) is 54.6 Å². The van der Waals surface area contributed by atoms with Gasteiger partial charge in [-0.05, 0) is 35.1 Å². The molecule has 1 amide bonds. The first kappa shape index (κ1) is 19.0. The monoisotopic (exact) mass is 339 g/mol. The Hall–Kier alpha value is -2.29. The lowest BCUT2D eigenvalue weighted by atomic mass is 9.87. The maximum atomic E-state index is 12.7. The molecule has 0 heterocycles. The predicted octanol–water partition coefficient (Wildman–Crippen LogP) is 4.80. The van der Waals surface area contributed by atoms with Crippen molar-refractivity contribution in [2.75, 3.05) is 7.05 Å². The van der Waals surface area contributed by atoms with E-state index in [1.165, 1.54) is 5.56 Å². The molecule has 2 aromatic rings. The van der Waals surface area contributed by atoms with E-state index < -0.39 is 6.10 Å². The zero-order valence-electron chi connectivity index (χ0n) is 16.0. The minimum Gasteiger partial charge on any atom is -0.481 e. The van der Waals surface area contributed by atoms with Crippen LogP contribution in [0, 0.1) is 0 Å². The molecule has 1 unspecified atom stereocenters. The first-order valence-electron chi connectivity index (χ1n) is 8.87. The average molecular weight is 339 g/mol. The van der Waals surface area contributed by atoms with Crippen LogP contribution in [0.1, 0.15) is 45.2 Å². The molecule has 0 spiro atoms. The molecule has 2 rings (SSSR count). The number of carbonyl (C=O) groups excluding carboxylic acids is 1. The molecule has 0 aromatic heterocycles. The lowest BCUT2D eigenvalue weighted by Gasteiger charge is -2.24. The molecule has 25 heavy (non-hydrogen) atoms. The Balaban J connectivity index is 2.02. The lowest BCUT2D eigenvalue weighted by molar-refractivity contribution is -0.138. The van der Waals surface area contributed by atoms with Crippen LogP contribution < -0.4 is 4.74 Å². The van der Waals surface area contributed by atoms with Crippen LogP contribution in [0.25, 0.3) is 0 Å². The summed E-state index contributed by atoms with van der Waals surface area (Å²) in [6.45, 7) is 9.10. The smallest absolute Gasteiger partial charge is 0.263 e. The van der Waals surface area contributed by atoms with Gasteiger partial charge in [0, 0.05) is 13.6 Å². The van der Waals surface area contributed by atoms with Crippen molar-refractivity contribution in [1.82, 2.24) is 4.90 Å². The second-order valence-electron chi connectivity index (χ2n) is 7.47. The van der Waals surface area contributed by atoms with Crippen molar-refractivity contribution in [3.63, 3.8) is 0 Å². The fourth-order valence-corrected chi connectivity index (χ4v) is 2.69. The lowest BCUT2D eigenvalue weighted by Crippen LogP contribution is -2.39. The van der Waals surface area contributed by atoms with E-state index in [9.17, 15) is 4.79 Å². The van der Waals surface area contributed by atoms with Gasteiger partial charge in [-0.1, -0.05) is 70.2 Å². The van der Waals surface area contributed by atoms with Crippen LogP contribution in [0.2, 0.25) is 0 Å². The van der Waals surface area contributed by atoms with E-state index in [1.54, 1.807) is 4.90 Å². The molecule has 0 saturated carbocycles. The number of hydrogen-bond donors (Lipinski definition) is 0. The van der Waals surface area contributed by atoms with E-state index in [4.69, 9.17) is 4.74 Å². The Bertz CT molecular complexity index is 671. The van der Waals surface area contributed by atoms with Crippen molar-refractivity contribution < 1.29 is 9.53 Å². The number of carbonyl (C=O) groups is 1.